The highest BCUT2D eigenvalue weighted by Gasteiger charge is 2.26. The van der Waals surface area contributed by atoms with Crippen LogP contribution in [0.15, 0.2) is 35.3 Å². The number of fused-ring (bicyclic) bond motifs is 1. The molecule has 142 valence electrons. The van der Waals surface area contributed by atoms with Gasteiger partial charge in [-0.05, 0) is 38.5 Å². The van der Waals surface area contributed by atoms with Crippen LogP contribution in [-0.4, -0.2) is 39.4 Å². The van der Waals surface area contributed by atoms with Gasteiger partial charge < -0.3 is 9.64 Å². The van der Waals surface area contributed by atoms with Crippen molar-refractivity contribution in [2.75, 3.05) is 24.6 Å². The van der Waals surface area contributed by atoms with Gasteiger partial charge in [0.15, 0.2) is 5.65 Å². The minimum Gasteiger partial charge on any atom is -0.370 e. The van der Waals surface area contributed by atoms with Crippen LogP contribution < -0.4 is 10.5 Å². The van der Waals surface area contributed by atoms with Crippen LogP contribution in [0.5, 0.6) is 0 Å². The van der Waals surface area contributed by atoms with Crippen LogP contribution >= 0.6 is 0 Å². The zero-order valence-corrected chi connectivity index (χ0v) is 15.6. The fraction of sp³-hybridized carbons (Fsp3) is 0.421. The number of hydrogen-bond donors (Lipinski definition) is 1. The van der Waals surface area contributed by atoms with Crippen LogP contribution in [0, 0.1) is 5.82 Å². The Kier molecular flexibility index (Phi) is 4.22. The predicted molar refractivity (Wildman–Crippen MR) is 100 cm³/mol. The van der Waals surface area contributed by atoms with E-state index >= 15 is 0 Å². The molecule has 0 radical (unpaired) electrons. The second kappa shape index (κ2) is 6.45. The van der Waals surface area contributed by atoms with Crippen molar-refractivity contribution < 1.29 is 9.13 Å². The fourth-order valence-electron chi connectivity index (χ4n) is 3.30. The molecule has 0 bridgehead atoms. The van der Waals surface area contributed by atoms with E-state index in [0.717, 1.165) is 5.56 Å². The number of nitrogens with one attached hydrogen (secondary N) is 1. The molecule has 8 heteroatoms. The van der Waals surface area contributed by atoms with Crippen molar-refractivity contribution in [3.05, 3.63) is 52.2 Å². The Bertz CT molecular complexity index is 1040. The fourth-order valence-corrected chi connectivity index (χ4v) is 3.30. The molecule has 3 aromatic rings. The topological polar surface area (TPSA) is 76.0 Å². The average molecular weight is 371 g/mol. The van der Waals surface area contributed by atoms with Gasteiger partial charge in [-0.25, -0.2) is 9.07 Å². The number of aromatic nitrogens is 4. The molecule has 1 unspecified atom stereocenters. The van der Waals surface area contributed by atoms with E-state index in [9.17, 15) is 9.18 Å². The van der Waals surface area contributed by atoms with E-state index in [1.807, 2.05) is 31.7 Å². The molecule has 3 heterocycles. The van der Waals surface area contributed by atoms with E-state index in [1.54, 1.807) is 16.9 Å². The van der Waals surface area contributed by atoms with Crippen molar-refractivity contribution in [1.82, 2.24) is 19.7 Å². The maximum Gasteiger partial charge on any atom is 0.263 e. The summed E-state index contributed by atoms with van der Waals surface area (Å²) in [5.41, 5.74) is 0.798. The molecule has 4 rings (SSSR count). The summed E-state index contributed by atoms with van der Waals surface area (Å²) in [4.78, 5) is 22.0. The molecular formula is C19H22FN5O2. The number of anilines is 1. The number of rotatable bonds is 2. The second-order valence-corrected chi connectivity index (χ2v) is 7.71. The van der Waals surface area contributed by atoms with Crippen LogP contribution in [0.2, 0.25) is 0 Å². The molecule has 2 aromatic heterocycles. The molecule has 7 nitrogen and oxygen atoms in total. The van der Waals surface area contributed by atoms with Gasteiger partial charge in [0.1, 0.15) is 17.3 Å². The van der Waals surface area contributed by atoms with Crippen molar-refractivity contribution in [3.8, 4) is 0 Å². The molecular weight excluding hydrogens is 349 g/mol. The van der Waals surface area contributed by atoms with Gasteiger partial charge in [-0.1, -0.05) is 12.1 Å². The summed E-state index contributed by atoms with van der Waals surface area (Å²) in [5, 5.41) is 4.80. The lowest BCUT2D eigenvalue weighted by Crippen LogP contribution is -2.40. The van der Waals surface area contributed by atoms with Crippen molar-refractivity contribution in [1.29, 1.82) is 0 Å². The zero-order valence-electron chi connectivity index (χ0n) is 15.6. The summed E-state index contributed by atoms with van der Waals surface area (Å²) in [6.45, 7) is 7.55. The van der Waals surface area contributed by atoms with Gasteiger partial charge in [0.2, 0.25) is 5.95 Å². The molecule has 0 saturated carbocycles. The lowest BCUT2D eigenvalue weighted by molar-refractivity contribution is 0.0390. The average Bonchev–Trinajstić information content (AvgIpc) is 3.07. The molecule has 27 heavy (non-hydrogen) atoms. The summed E-state index contributed by atoms with van der Waals surface area (Å²) in [6.07, 6.45) is 1.26. The molecule has 1 aliphatic rings. The predicted octanol–water partition coefficient (Wildman–Crippen LogP) is 2.59. The van der Waals surface area contributed by atoms with Gasteiger partial charge in [0, 0.05) is 6.54 Å². The molecule has 1 aliphatic heterocycles. The number of aromatic amines is 1. The Labute approximate surface area is 155 Å². The SMILES string of the molecule is CC(C)(C)n1ncc2c(=O)[nH]c(N3CCOC(c4cccc(F)c4)C3)nc21. The van der Waals surface area contributed by atoms with Crippen LogP contribution in [0.1, 0.15) is 32.4 Å². The largest absolute Gasteiger partial charge is 0.370 e. The van der Waals surface area contributed by atoms with Crippen LogP contribution in [0.25, 0.3) is 11.0 Å². The number of ether oxygens (including phenoxy) is 1. The molecule has 1 saturated heterocycles. The van der Waals surface area contributed by atoms with Gasteiger partial charge in [-0.3, -0.25) is 9.78 Å². The van der Waals surface area contributed by atoms with E-state index in [2.05, 4.69) is 15.1 Å². The van der Waals surface area contributed by atoms with Gasteiger partial charge >= 0.3 is 0 Å². The molecule has 0 amide bonds. The summed E-state index contributed by atoms with van der Waals surface area (Å²) in [7, 11) is 0. The lowest BCUT2D eigenvalue weighted by Gasteiger charge is -2.33. The molecule has 1 atom stereocenters. The van der Waals surface area contributed by atoms with Crippen molar-refractivity contribution in [3.63, 3.8) is 0 Å². The molecule has 1 N–H and O–H groups in total. The third-order valence-corrected chi connectivity index (χ3v) is 4.65. The summed E-state index contributed by atoms with van der Waals surface area (Å²) in [6, 6.07) is 6.39. The summed E-state index contributed by atoms with van der Waals surface area (Å²) >= 11 is 0. The third kappa shape index (κ3) is 3.32. The summed E-state index contributed by atoms with van der Waals surface area (Å²) in [5.74, 6) is 0.179. The summed E-state index contributed by atoms with van der Waals surface area (Å²) < 4.78 is 21.1. The van der Waals surface area contributed by atoms with Crippen LogP contribution in [-0.2, 0) is 10.3 Å². The monoisotopic (exact) mass is 371 g/mol. The van der Waals surface area contributed by atoms with Crippen LogP contribution in [0.3, 0.4) is 0 Å². The minimum atomic E-state index is -0.297. The number of nitrogens with zero attached hydrogens (tertiary/aromatic N) is 4. The van der Waals surface area contributed by atoms with Gasteiger partial charge in [-0.2, -0.15) is 10.1 Å². The maximum absolute atomic E-state index is 13.6. The number of H-pyrrole nitrogens is 1. The number of morpholine rings is 1. The number of benzene rings is 1. The van der Waals surface area contributed by atoms with E-state index in [1.165, 1.54) is 12.1 Å². The lowest BCUT2D eigenvalue weighted by atomic mass is 10.1. The first kappa shape index (κ1) is 17.7. The number of hydrogen-bond acceptors (Lipinski definition) is 5. The molecule has 1 aromatic carbocycles. The maximum atomic E-state index is 13.6. The number of halogens is 1. The Morgan fingerprint density at radius 1 is 1.33 bits per heavy atom. The second-order valence-electron chi connectivity index (χ2n) is 7.71. The van der Waals surface area contributed by atoms with Crippen molar-refractivity contribution >= 4 is 17.0 Å². The highest BCUT2D eigenvalue weighted by atomic mass is 19.1. The zero-order chi connectivity index (χ0) is 19.2. The highest BCUT2D eigenvalue weighted by Crippen LogP contribution is 2.26. The minimum absolute atomic E-state index is 0.223. The van der Waals surface area contributed by atoms with Gasteiger partial charge in [0.25, 0.3) is 5.56 Å². The highest BCUT2D eigenvalue weighted by molar-refractivity contribution is 5.74. The normalized spacial score (nSPS) is 18.2. The smallest absolute Gasteiger partial charge is 0.263 e. The Hall–Kier alpha value is -2.74. The Balaban J connectivity index is 1.70. The Morgan fingerprint density at radius 3 is 2.89 bits per heavy atom. The first-order chi connectivity index (χ1) is 12.8. The van der Waals surface area contributed by atoms with Gasteiger partial charge in [-0.15, -0.1) is 0 Å². The van der Waals surface area contributed by atoms with E-state index < -0.39 is 0 Å². The van der Waals surface area contributed by atoms with Crippen LogP contribution in [0.4, 0.5) is 10.3 Å². The molecule has 1 fully saturated rings. The molecule has 0 spiro atoms. The van der Waals surface area contributed by atoms with E-state index in [0.29, 0.717) is 36.7 Å². The van der Waals surface area contributed by atoms with Crippen molar-refractivity contribution in [2.24, 2.45) is 0 Å². The van der Waals surface area contributed by atoms with E-state index in [4.69, 9.17) is 4.74 Å². The van der Waals surface area contributed by atoms with Crippen molar-refractivity contribution in [2.45, 2.75) is 32.4 Å². The van der Waals surface area contributed by atoms with E-state index in [-0.39, 0.29) is 23.0 Å². The first-order valence-electron chi connectivity index (χ1n) is 8.93. The first-order valence-corrected chi connectivity index (χ1v) is 8.93. The standard InChI is InChI=1S/C19H22FN5O2/c1-19(2,3)25-16-14(10-21-25)17(26)23-18(22-16)24-7-8-27-15(11-24)12-5-4-6-13(20)9-12/h4-6,9-10,15H,7-8,11H2,1-3H3,(H,22,23,26). The van der Waals surface area contributed by atoms with Gasteiger partial charge in [0.05, 0.1) is 24.9 Å². The molecule has 0 aliphatic carbocycles. The quantitative estimate of drug-likeness (QED) is 0.749. The Morgan fingerprint density at radius 2 is 2.15 bits per heavy atom. The third-order valence-electron chi connectivity index (χ3n) is 4.65.